The highest BCUT2D eigenvalue weighted by molar-refractivity contribution is 7.89. The van der Waals surface area contributed by atoms with E-state index in [1.807, 2.05) is 6.07 Å². The number of amides is 1. The summed E-state index contributed by atoms with van der Waals surface area (Å²) in [7, 11) is -4.06. The van der Waals surface area contributed by atoms with Gasteiger partial charge in [-0.1, -0.05) is 41.9 Å². The first-order chi connectivity index (χ1) is 13.2. The first kappa shape index (κ1) is 21.9. The van der Waals surface area contributed by atoms with Crippen LogP contribution >= 0.6 is 11.6 Å². The van der Waals surface area contributed by atoms with E-state index in [-0.39, 0.29) is 28.9 Å². The molecule has 0 saturated carbocycles. The lowest BCUT2D eigenvalue weighted by Gasteiger charge is -2.18. The summed E-state index contributed by atoms with van der Waals surface area (Å²) in [5, 5.41) is 2.56. The predicted octanol–water partition coefficient (Wildman–Crippen LogP) is 2.75. The third kappa shape index (κ3) is 6.05. The number of rotatable bonds is 8. The molecule has 0 aliphatic carbocycles. The van der Waals surface area contributed by atoms with Crippen molar-refractivity contribution >= 4 is 39.2 Å². The smallest absolute Gasteiger partial charge is 0.324 e. The second-order valence-electron chi connectivity index (χ2n) is 5.94. The van der Waals surface area contributed by atoms with Gasteiger partial charge < -0.3 is 10.1 Å². The highest BCUT2D eigenvalue weighted by Gasteiger charge is 2.27. The Bertz CT molecular complexity index is 948. The molecule has 1 amide bonds. The second kappa shape index (κ2) is 9.68. The first-order valence-electron chi connectivity index (χ1n) is 8.53. The second-order valence-corrected chi connectivity index (χ2v) is 8.06. The van der Waals surface area contributed by atoms with Crippen LogP contribution in [-0.4, -0.2) is 32.9 Å². The molecular formula is C19H21ClN2O5S. The van der Waals surface area contributed by atoms with Crippen LogP contribution in [0.4, 0.5) is 5.69 Å². The van der Waals surface area contributed by atoms with Crippen LogP contribution in [0.5, 0.6) is 0 Å². The zero-order valence-electron chi connectivity index (χ0n) is 15.4. The molecule has 7 nitrogen and oxygen atoms in total. The van der Waals surface area contributed by atoms with Gasteiger partial charge in [0.05, 0.1) is 22.2 Å². The van der Waals surface area contributed by atoms with Gasteiger partial charge in [-0.2, -0.15) is 4.72 Å². The maximum atomic E-state index is 12.8. The number of halogens is 1. The van der Waals surface area contributed by atoms with Crippen molar-refractivity contribution in [2.75, 3.05) is 11.9 Å². The molecule has 1 atom stereocenters. The molecule has 150 valence electrons. The summed E-state index contributed by atoms with van der Waals surface area (Å²) in [6, 6.07) is 11.8. The Morgan fingerprint density at radius 2 is 1.82 bits per heavy atom. The Kier molecular flexibility index (Phi) is 7.56. The Hall–Kier alpha value is -2.42. The zero-order chi connectivity index (χ0) is 20.7. The van der Waals surface area contributed by atoms with Gasteiger partial charge in [0, 0.05) is 6.92 Å². The highest BCUT2D eigenvalue weighted by atomic mass is 35.5. The topological polar surface area (TPSA) is 102 Å². The van der Waals surface area contributed by atoms with Crippen LogP contribution < -0.4 is 10.0 Å². The van der Waals surface area contributed by atoms with Crippen LogP contribution in [-0.2, 0) is 30.8 Å². The van der Waals surface area contributed by atoms with Crippen LogP contribution in [0.25, 0.3) is 0 Å². The van der Waals surface area contributed by atoms with E-state index in [4.69, 9.17) is 16.3 Å². The summed E-state index contributed by atoms with van der Waals surface area (Å²) in [5.74, 6) is -1.00. The van der Waals surface area contributed by atoms with E-state index in [1.54, 1.807) is 31.2 Å². The molecule has 0 aliphatic heterocycles. The number of sulfonamides is 1. The SMILES string of the molecule is CCOC(=O)C(Cc1ccccc1)NS(=O)(=O)c1ccc(NC(C)=O)c(Cl)c1. The maximum Gasteiger partial charge on any atom is 0.324 e. The van der Waals surface area contributed by atoms with Gasteiger partial charge in [-0.25, -0.2) is 8.42 Å². The third-order valence-corrected chi connectivity index (χ3v) is 5.49. The molecule has 0 fully saturated rings. The van der Waals surface area contributed by atoms with Crippen molar-refractivity contribution < 1.29 is 22.7 Å². The third-order valence-electron chi connectivity index (χ3n) is 3.71. The van der Waals surface area contributed by atoms with Gasteiger partial charge in [0.2, 0.25) is 15.9 Å². The number of benzene rings is 2. The highest BCUT2D eigenvalue weighted by Crippen LogP contribution is 2.25. The van der Waals surface area contributed by atoms with Crippen LogP contribution in [0.3, 0.4) is 0 Å². The molecule has 0 heterocycles. The fourth-order valence-corrected chi connectivity index (χ4v) is 3.98. The average molecular weight is 425 g/mol. The molecule has 2 aromatic carbocycles. The van der Waals surface area contributed by atoms with Gasteiger partial charge >= 0.3 is 5.97 Å². The number of carbonyl (C=O) groups is 2. The van der Waals surface area contributed by atoms with E-state index >= 15 is 0 Å². The van der Waals surface area contributed by atoms with Crippen molar-refractivity contribution in [2.24, 2.45) is 0 Å². The van der Waals surface area contributed by atoms with E-state index in [9.17, 15) is 18.0 Å². The number of ether oxygens (including phenoxy) is 1. The lowest BCUT2D eigenvalue weighted by Crippen LogP contribution is -2.43. The zero-order valence-corrected chi connectivity index (χ0v) is 17.0. The van der Waals surface area contributed by atoms with Gasteiger partial charge in [0.25, 0.3) is 0 Å². The molecule has 2 N–H and O–H groups in total. The van der Waals surface area contributed by atoms with Crippen molar-refractivity contribution in [2.45, 2.75) is 31.2 Å². The molecule has 0 aliphatic rings. The molecule has 0 spiro atoms. The van der Waals surface area contributed by atoms with E-state index in [0.717, 1.165) is 5.56 Å². The number of carbonyl (C=O) groups excluding carboxylic acids is 2. The average Bonchev–Trinajstić information content (AvgIpc) is 2.63. The normalized spacial score (nSPS) is 12.2. The van der Waals surface area contributed by atoms with Crippen molar-refractivity contribution in [1.29, 1.82) is 0 Å². The van der Waals surface area contributed by atoms with E-state index in [1.165, 1.54) is 25.1 Å². The molecule has 0 saturated heterocycles. The number of hydrogen-bond donors (Lipinski definition) is 2. The summed E-state index contributed by atoms with van der Waals surface area (Å²) in [4.78, 5) is 23.3. The van der Waals surface area contributed by atoms with Gasteiger partial charge in [0.1, 0.15) is 6.04 Å². The molecule has 0 aromatic heterocycles. The molecule has 2 aromatic rings. The fraction of sp³-hybridized carbons (Fsp3) is 0.263. The molecule has 9 heteroatoms. The fourth-order valence-electron chi connectivity index (χ4n) is 2.48. The molecule has 0 bridgehead atoms. The molecule has 2 rings (SSSR count). The van der Waals surface area contributed by atoms with Gasteiger partial charge in [-0.15, -0.1) is 0 Å². The molecular weight excluding hydrogens is 404 g/mol. The lowest BCUT2D eigenvalue weighted by atomic mass is 10.1. The molecule has 28 heavy (non-hydrogen) atoms. The minimum Gasteiger partial charge on any atom is -0.465 e. The van der Waals surface area contributed by atoms with Crippen molar-refractivity contribution in [3.8, 4) is 0 Å². The summed E-state index contributed by atoms with van der Waals surface area (Å²) in [6.45, 7) is 3.09. The summed E-state index contributed by atoms with van der Waals surface area (Å²) < 4.78 is 32.9. The minimum absolute atomic E-state index is 0.0637. The maximum absolute atomic E-state index is 12.8. The number of anilines is 1. The Morgan fingerprint density at radius 1 is 1.14 bits per heavy atom. The first-order valence-corrected chi connectivity index (χ1v) is 10.4. The van der Waals surface area contributed by atoms with Crippen LogP contribution in [0.2, 0.25) is 5.02 Å². The monoisotopic (exact) mass is 424 g/mol. The Morgan fingerprint density at radius 3 is 2.39 bits per heavy atom. The van der Waals surface area contributed by atoms with E-state index in [0.29, 0.717) is 5.69 Å². The van der Waals surface area contributed by atoms with Gasteiger partial charge in [-0.3, -0.25) is 9.59 Å². The Balaban J connectivity index is 2.27. The van der Waals surface area contributed by atoms with E-state index < -0.39 is 22.0 Å². The lowest BCUT2D eigenvalue weighted by molar-refractivity contribution is -0.145. The molecule has 0 radical (unpaired) electrons. The predicted molar refractivity (Wildman–Crippen MR) is 107 cm³/mol. The number of hydrogen-bond acceptors (Lipinski definition) is 5. The number of esters is 1. The largest absolute Gasteiger partial charge is 0.465 e. The van der Waals surface area contributed by atoms with Crippen LogP contribution in [0, 0.1) is 0 Å². The van der Waals surface area contributed by atoms with Crippen LogP contribution in [0.15, 0.2) is 53.4 Å². The quantitative estimate of drug-likeness (QED) is 0.634. The van der Waals surface area contributed by atoms with Gasteiger partial charge in [-0.05, 0) is 37.1 Å². The van der Waals surface area contributed by atoms with Crippen molar-refractivity contribution in [3.63, 3.8) is 0 Å². The Labute approximate surface area is 169 Å². The standard InChI is InChI=1S/C19H21ClN2O5S/c1-3-27-19(24)18(11-14-7-5-4-6-8-14)22-28(25,26)15-9-10-17(16(20)12-15)21-13(2)23/h4-10,12,18,22H,3,11H2,1-2H3,(H,21,23). The van der Waals surface area contributed by atoms with Crippen molar-refractivity contribution in [3.05, 3.63) is 59.1 Å². The van der Waals surface area contributed by atoms with Crippen molar-refractivity contribution in [1.82, 2.24) is 4.72 Å². The summed E-state index contributed by atoms with van der Waals surface area (Å²) in [6.07, 6.45) is 0.136. The van der Waals surface area contributed by atoms with Gasteiger partial charge in [0.15, 0.2) is 0 Å². The molecule has 1 unspecified atom stereocenters. The summed E-state index contributed by atoms with van der Waals surface area (Å²) >= 11 is 6.06. The number of nitrogens with one attached hydrogen (secondary N) is 2. The van der Waals surface area contributed by atoms with E-state index in [2.05, 4.69) is 10.0 Å². The van der Waals surface area contributed by atoms with Crippen LogP contribution in [0.1, 0.15) is 19.4 Å². The summed E-state index contributed by atoms with van der Waals surface area (Å²) in [5.41, 5.74) is 1.07. The minimum atomic E-state index is -4.06.